The molecule has 33 heavy (non-hydrogen) atoms. The number of sulfone groups is 1. The van der Waals surface area contributed by atoms with Crippen molar-refractivity contribution in [3.63, 3.8) is 0 Å². The van der Waals surface area contributed by atoms with E-state index in [1.54, 1.807) is 72.9 Å². The molecular formula is C26H25NO4S2. The molecule has 3 aromatic carbocycles. The molecule has 0 N–H and O–H groups in total. The smallest absolute Gasteiger partial charge is 0.241 e. The molecule has 0 saturated carbocycles. The molecule has 0 bridgehead atoms. The Morgan fingerprint density at radius 3 is 2.06 bits per heavy atom. The fourth-order valence-corrected chi connectivity index (χ4v) is 7.83. The third-order valence-corrected chi connectivity index (χ3v) is 9.94. The highest BCUT2D eigenvalue weighted by atomic mass is 32.2. The maximum absolute atomic E-state index is 13.6. The maximum atomic E-state index is 13.6. The molecule has 1 aliphatic rings. The van der Waals surface area contributed by atoms with E-state index in [4.69, 9.17) is 0 Å². The monoisotopic (exact) mass is 479 g/mol. The molecular weight excluding hydrogens is 454 g/mol. The second kappa shape index (κ2) is 7.85. The highest BCUT2D eigenvalue weighted by molar-refractivity contribution is 7.90. The Morgan fingerprint density at radius 2 is 1.42 bits per heavy atom. The molecule has 1 aromatic heterocycles. The predicted octanol–water partition coefficient (Wildman–Crippen LogP) is 5.46. The summed E-state index contributed by atoms with van der Waals surface area (Å²) in [5.41, 5.74) is 3.28. The molecule has 0 spiro atoms. The summed E-state index contributed by atoms with van der Waals surface area (Å²) in [6.45, 7) is 4.22. The summed E-state index contributed by atoms with van der Waals surface area (Å²) < 4.78 is 54.8. The van der Waals surface area contributed by atoms with Gasteiger partial charge in [-0.25, -0.2) is 20.8 Å². The summed E-state index contributed by atoms with van der Waals surface area (Å²) in [4.78, 5) is 0.466. The van der Waals surface area contributed by atoms with Gasteiger partial charge in [-0.3, -0.25) is 0 Å². The van der Waals surface area contributed by atoms with E-state index in [1.165, 1.54) is 3.97 Å². The lowest BCUT2D eigenvalue weighted by atomic mass is 9.97. The van der Waals surface area contributed by atoms with Gasteiger partial charge in [0.05, 0.1) is 21.1 Å². The van der Waals surface area contributed by atoms with Crippen molar-refractivity contribution in [1.82, 2.24) is 3.97 Å². The Morgan fingerprint density at radius 1 is 0.818 bits per heavy atom. The molecule has 1 heterocycles. The Balaban J connectivity index is 1.76. The highest BCUT2D eigenvalue weighted by Gasteiger charge is 2.33. The van der Waals surface area contributed by atoms with Crippen molar-refractivity contribution in [3.05, 3.63) is 95.7 Å². The molecule has 5 nitrogen and oxygen atoms in total. The normalized spacial score (nSPS) is 18.5. The summed E-state index contributed by atoms with van der Waals surface area (Å²) in [6.07, 6.45) is 2.46. The molecule has 0 aliphatic heterocycles. The van der Waals surface area contributed by atoms with Crippen LogP contribution in [0.5, 0.6) is 0 Å². The topological polar surface area (TPSA) is 73.2 Å². The molecule has 0 radical (unpaired) electrons. The number of hydrogen-bond acceptors (Lipinski definition) is 4. The van der Waals surface area contributed by atoms with Crippen LogP contribution >= 0.6 is 0 Å². The molecule has 0 unspecified atom stereocenters. The van der Waals surface area contributed by atoms with Gasteiger partial charge < -0.3 is 0 Å². The Bertz CT molecular complexity index is 1560. The van der Waals surface area contributed by atoms with E-state index in [1.807, 2.05) is 6.07 Å². The molecule has 0 amide bonds. The number of benzene rings is 3. The van der Waals surface area contributed by atoms with Crippen LogP contribution in [0, 0.1) is 0 Å². The molecule has 1 aliphatic carbocycles. The Hall–Kier alpha value is -2.90. The van der Waals surface area contributed by atoms with Crippen molar-refractivity contribution in [2.75, 3.05) is 0 Å². The summed E-state index contributed by atoms with van der Waals surface area (Å²) in [5, 5.41) is 0.675. The first kappa shape index (κ1) is 21.9. The average Bonchev–Trinajstić information content (AvgIpc) is 3.36. The van der Waals surface area contributed by atoms with Gasteiger partial charge >= 0.3 is 0 Å². The zero-order chi connectivity index (χ0) is 23.4. The third kappa shape index (κ3) is 3.60. The average molecular weight is 480 g/mol. The van der Waals surface area contributed by atoms with Gasteiger partial charge in [0.25, 0.3) is 10.0 Å². The number of hydrogen-bond donors (Lipinski definition) is 0. The number of rotatable bonds is 5. The van der Waals surface area contributed by atoms with Gasteiger partial charge in [0, 0.05) is 11.6 Å². The molecule has 0 fully saturated rings. The molecule has 5 rings (SSSR count). The standard InChI is InChI=1S/C26H25NO4S2/c1-18-15-19(2)25-24(18)16-20(17-32(28,29)21-9-5-3-6-10-21)23-13-14-27(26(23)25)33(30,31)22-11-7-4-8-12-22/h3-14,16,18-19H,15,17H2,1-2H3/t18-,19-/m1/s1. The van der Waals surface area contributed by atoms with Crippen LogP contribution in [-0.2, 0) is 25.6 Å². The SMILES string of the molecule is C[C@@H]1C[C@@H](C)c2c1cc(CS(=O)(=O)c1ccccc1)c1ccn(S(=O)(=O)c3ccccc3)c21. The predicted molar refractivity (Wildman–Crippen MR) is 130 cm³/mol. The van der Waals surface area contributed by atoms with Crippen LogP contribution < -0.4 is 0 Å². The number of aromatic nitrogens is 1. The lowest BCUT2D eigenvalue weighted by Crippen LogP contribution is -2.13. The van der Waals surface area contributed by atoms with Gasteiger partial charge in [0.2, 0.25) is 0 Å². The molecule has 170 valence electrons. The van der Waals surface area contributed by atoms with Crippen LogP contribution in [-0.4, -0.2) is 20.8 Å². The first-order valence-corrected chi connectivity index (χ1v) is 14.0. The minimum atomic E-state index is -3.83. The van der Waals surface area contributed by atoms with E-state index in [0.29, 0.717) is 16.5 Å². The maximum Gasteiger partial charge on any atom is 0.268 e. The summed E-state index contributed by atoms with van der Waals surface area (Å²) in [5.74, 6) is 0.217. The number of nitrogens with zero attached hydrogens (tertiary/aromatic N) is 1. The summed E-state index contributed by atoms with van der Waals surface area (Å²) >= 11 is 0. The van der Waals surface area contributed by atoms with Gasteiger partial charge in [0.1, 0.15) is 0 Å². The van der Waals surface area contributed by atoms with Crippen LogP contribution in [0.4, 0.5) is 0 Å². The van der Waals surface area contributed by atoms with Gasteiger partial charge in [-0.05, 0) is 65.3 Å². The Labute approximate surface area is 194 Å². The fourth-order valence-electron chi connectivity index (χ4n) is 5.06. The van der Waals surface area contributed by atoms with Gasteiger partial charge in [-0.1, -0.05) is 56.3 Å². The van der Waals surface area contributed by atoms with Gasteiger partial charge in [-0.15, -0.1) is 0 Å². The van der Waals surface area contributed by atoms with Crippen molar-refractivity contribution < 1.29 is 16.8 Å². The second-order valence-corrected chi connectivity index (χ2v) is 12.6. The van der Waals surface area contributed by atoms with Crippen molar-refractivity contribution in [2.45, 2.75) is 47.6 Å². The highest BCUT2D eigenvalue weighted by Crippen LogP contribution is 2.47. The minimum Gasteiger partial charge on any atom is -0.241 e. The Kier molecular flexibility index (Phi) is 5.21. The zero-order valence-electron chi connectivity index (χ0n) is 18.5. The van der Waals surface area contributed by atoms with Crippen LogP contribution in [0.15, 0.2) is 88.8 Å². The van der Waals surface area contributed by atoms with E-state index in [2.05, 4.69) is 13.8 Å². The van der Waals surface area contributed by atoms with Crippen molar-refractivity contribution in [3.8, 4) is 0 Å². The van der Waals surface area contributed by atoms with E-state index < -0.39 is 19.9 Å². The lowest BCUT2D eigenvalue weighted by Gasteiger charge is -2.16. The fraction of sp³-hybridized carbons (Fsp3) is 0.231. The molecule has 7 heteroatoms. The molecule has 2 atom stereocenters. The third-order valence-electron chi connectivity index (χ3n) is 6.57. The van der Waals surface area contributed by atoms with Crippen LogP contribution in [0.1, 0.15) is 48.8 Å². The van der Waals surface area contributed by atoms with E-state index in [0.717, 1.165) is 17.5 Å². The van der Waals surface area contributed by atoms with Crippen LogP contribution in [0.2, 0.25) is 0 Å². The van der Waals surface area contributed by atoms with Gasteiger partial charge in [-0.2, -0.15) is 0 Å². The van der Waals surface area contributed by atoms with Crippen molar-refractivity contribution in [1.29, 1.82) is 0 Å². The minimum absolute atomic E-state index is 0.178. The molecule has 4 aromatic rings. The quantitative estimate of drug-likeness (QED) is 0.381. The second-order valence-electron chi connectivity index (χ2n) is 8.84. The van der Waals surface area contributed by atoms with Crippen LogP contribution in [0.3, 0.4) is 0 Å². The number of fused-ring (bicyclic) bond motifs is 3. The van der Waals surface area contributed by atoms with Crippen molar-refractivity contribution in [2.24, 2.45) is 0 Å². The first-order chi connectivity index (χ1) is 15.7. The van der Waals surface area contributed by atoms with E-state index >= 15 is 0 Å². The van der Waals surface area contributed by atoms with Gasteiger partial charge in [0.15, 0.2) is 9.84 Å². The van der Waals surface area contributed by atoms with Crippen molar-refractivity contribution >= 4 is 30.8 Å². The zero-order valence-corrected chi connectivity index (χ0v) is 20.1. The lowest BCUT2D eigenvalue weighted by molar-refractivity contribution is 0.588. The first-order valence-electron chi connectivity index (χ1n) is 11.0. The summed E-state index contributed by atoms with van der Waals surface area (Å²) in [7, 11) is -7.42. The van der Waals surface area contributed by atoms with E-state index in [9.17, 15) is 16.8 Å². The largest absolute Gasteiger partial charge is 0.268 e. The summed E-state index contributed by atoms with van der Waals surface area (Å²) in [6, 6.07) is 20.4. The van der Waals surface area contributed by atoms with E-state index in [-0.39, 0.29) is 27.4 Å². The van der Waals surface area contributed by atoms with Crippen LogP contribution in [0.25, 0.3) is 10.9 Å². The molecule has 0 saturated heterocycles.